The van der Waals surface area contributed by atoms with E-state index >= 15 is 0 Å². The van der Waals surface area contributed by atoms with Gasteiger partial charge in [0.2, 0.25) is 0 Å². The van der Waals surface area contributed by atoms with Crippen molar-refractivity contribution in [3.8, 4) is 0 Å². The molecule has 2 aromatic carbocycles. The molecule has 2 rings (SSSR count). The van der Waals surface area contributed by atoms with Crippen molar-refractivity contribution in [2.24, 2.45) is 5.73 Å². The molecule has 0 radical (unpaired) electrons. The minimum absolute atomic E-state index is 0.327. The highest BCUT2D eigenvalue weighted by Gasteiger charge is 2.13. The van der Waals surface area contributed by atoms with E-state index in [4.69, 9.17) is 5.73 Å². The average Bonchev–Trinajstić information content (AvgIpc) is 2.33. The van der Waals surface area contributed by atoms with Gasteiger partial charge in [-0.1, -0.05) is 28.1 Å². The van der Waals surface area contributed by atoms with Crippen LogP contribution in [-0.4, -0.2) is 0 Å². The van der Waals surface area contributed by atoms with Crippen LogP contribution in [0.4, 0.5) is 8.78 Å². The van der Waals surface area contributed by atoms with Crippen molar-refractivity contribution >= 4 is 31.9 Å². The standard InChI is InChI=1S/C14H11Br2F2N/c15-9-2-3-10(13(18)7-9)14(19)6-8-1-4-12(17)11(16)5-8/h1-5,7,14H,6,19H2. The van der Waals surface area contributed by atoms with E-state index in [0.29, 0.717) is 20.9 Å². The van der Waals surface area contributed by atoms with Gasteiger partial charge in [0.05, 0.1) is 4.47 Å². The molecular weight excluding hydrogens is 380 g/mol. The zero-order valence-electron chi connectivity index (χ0n) is 9.84. The minimum atomic E-state index is -0.467. The van der Waals surface area contributed by atoms with Crippen LogP contribution in [0.25, 0.3) is 0 Å². The van der Waals surface area contributed by atoms with Crippen LogP contribution in [0.3, 0.4) is 0 Å². The largest absolute Gasteiger partial charge is 0.324 e. The number of nitrogens with two attached hydrogens (primary N) is 1. The van der Waals surface area contributed by atoms with Crippen LogP contribution in [0.2, 0.25) is 0 Å². The van der Waals surface area contributed by atoms with Crippen LogP contribution in [0.15, 0.2) is 45.3 Å². The Morgan fingerprint density at radius 1 is 1.00 bits per heavy atom. The van der Waals surface area contributed by atoms with Crippen molar-refractivity contribution in [1.29, 1.82) is 0 Å². The van der Waals surface area contributed by atoms with Gasteiger partial charge < -0.3 is 5.73 Å². The monoisotopic (exact) mass is 389 g/mol. The fourth-order valence-corrected chi connectivity index (χ4v) is 2.59. The van der Waals surface area contributed by atoms with Gasteiger partial charge in [-0.15, -0.1) is 0 Å². The highest BCUT2D eigenvalue weighted by Crippen LogP contribution is 2.24. The number of hydrogen-bond acceptors (Lipinski definition) is 1. The second-order valence-electron chi connectivity index (χ2n) is 4.22. The topological polar surface area (TPSA) is 26.0 Å². The second kappa shape index (κ2) is 6.11. The summed E-state index contributed by atoms with van der Waals surface area (Å²) >= 11 is 6.32. The van der Waals surface area contributed by atoms with Crippen molar-refractivity contribution < 1.29 is 8.78 Å². The number of hydrogen-bond donors (Lipinski definition) is 1. The summed E-state index contributed by atoms with van der Waals surface area (Å²) in [5.74, 6) is -0.671. The van der Waals surface area contributed by atoms with Gasteiger partial charge in [0.1, 0.15) is 11.6 Å². The van der Waals surface area contributed by atoms with Crippen molar-refractivity contribution in [2.75, 3.05) is 0 Å². The lowest BCUT2D eigenvalue weighted by molar-refractivity contribution is 0.578. The summed E-state index contributed by atoms with van der Waals surface area (Å²) in [6, 6.07) is 9.00. The zero-order chi connectivity index (χ0) is 14.0. The molecule has 2 aromatic rings. The quantitative estimate of drug-likeness (QED) is 0.805. The maximum atomic E-state index is 13.8. The van der Waals surface area contributed by atoms with Gasteiger partial charge in [0, 0.05) is 16.1 Å². The second-order valence-corrected chi connectivity index (χ2v) is 5.99. The van der Waals surface area contributed by atoms with Crippen molar-refractivity contribution in [2.45, 2.75) is 12.5 Å². The predicted octanol–water partition coefficient (Wildman–Crippen LogP) is 4.73. The van der Waals surface area contributed by atoms with Crippen LogP contribution >= 0.6 is 31.9 Å². The molecule has 2 N–H and O–H groups in total. The molecule has 0 fully saturated rings. The molecule has 100 valence electrons. The molecule has 0 aromatic heterocycles. The van der Waals surface area contributed by atoms with E-state index < -0.39 is 6.04 Å². The summed E-state index contributed by atoms with van der Waals surface area (Å²) in [4.78, 5) is 0. The summed E-state index contributed by atoms with van der Waals surface area (Å²) < 4.78 is 27.9. The highest BCUT2D eigenvalue weighted by molar-refractivity contribution is 9.10. The average molecular weight is 391 g/mol. The van der Waals surface area contributed by atoms with Crippen molar-refractivity contribution in [1.82, 2.24) is 0 Å². The Labute approximate surface area is 127 Å². The van der Waals surface area contributed by atoms with E-state index in [1.807, 2.05) is 0 Å². The molecule has 0 aliphatic heterocycles. The SMILES string of the molecule is NC(Cc1ccc(F)c(Br)c1)c1ccc(Br)cc1F. The summed E-state index contributed by atoms with van der Waals surface area (Å²) in [6.07, 6.45) is 0.442. The molecule has 0 aliphatic carbocycles. The lowest BCUT2D eigenvalue weighted by atomic mass is 9.99. The first-order valence-electron chi connectivity index (χ1n) is 5.62. The molecule has 5 heteroatoms. The van der Waals surface area contributed by atoms with E-state index in [2.05, 4.69) is 31.9 Å². The Hall–Kier alpha value is -0.780. The highest BCUT2D eigenvalue weighted by atomic mass is 79.9. The smallest absolute Gasteiger partial charge is 0.137 e. The summed E-state index contributed by atoms with van der Waals surface area (Å²) in [5, 5.41) is 0. The van der Waals surface area contributed by atoms with Crippen molar-refractivity contribution in [3.05, 3.63) is 68.1 Å². The fraction of sp³-hybridized carbons (Fsp3) is 0.143. The lowest BCUT2D eigenvalue weighted by Crippen LogP contribution is -2.15. The minimum Gasteiger partial charge on any atom is -0.324 e. The van der Waals surface area contributed by atoms with Gasteiger partial charge in [-0.25, -0.2) is 8.78 Å². The van der Waals surface area contributed by atoms with Gasteiger partial charge in [-0.2, -0.15) is 0 Å². The summed E-state index contributed by atoms with van der Waals surface area (Å²) in [6.45, 7) is 0. The summed E-state index contributed by atoms with van der Waals surface area (Å²) in [7, 11) is 0. The van der Waals surface area contributed by atoms with E-state index in [0.717, 1.165) is 5.56 Å². The van der Waals surface area contributed by atoms with Gasteiger partial charge in [-0.05, 0) is 52.2 Å². The van der Waals surface area contributed by atoms with E-state index in [1.54, 1.807) is 24.3 Å². The van der Waals surface area contributed by atoms with Gasteiger partial charge >= 0.3 is 0 Å². The van der Waals surface area contributed by atoms with Gasteiger partial charge in [0.25, 0.3) is 0 Å². The Morgan fingerprint density at radius 3 is 2.37 bits per heavy atom. The Kier molecular flexibility index (Phi) is 4.71. The molecule has 0 spiro atoms. The fourth-order valence-electron chi connectivity index (χ4n) is 1.83. The molecular formula is C14H11Br2F2N. The third kappa shape index (κ3) is 3.61. The first-order chi connectivity index (χ1) is 8.97. The maximum absolute atomic E-state index is 13.8. The van der Waals surface area contributed by atoms with E-state index in [-0.39, 0.29) is 11.6 Å². The Bertz CT molecular complexity index is 602. The van der Waals surface area contributed by atoms with Crippen LogP contribution in [-0.2, 0) is 6.42 Å². The van der Waals surface area contributed by atoms with E-state index in [9.17, 15) is 8.78 Å². The Morgan fingerprint density at radius 2 is 1.74 bits per heavy atom. The molecule has 0 saturated heterocycles. The lowest BCUT2D eigenvalue weighted by Gasteiger charge is -2.13. The zero-order valence-corrected chi connectivity index (χ0v) is 13.0. The molecule has 0 amide bonds. The molecule has 1 nitrogen and oxygen atoms in total. The normalized spacial score (nSPS) is 12.5. The third-order valence-corrected chi connectivity index (χ3v) is 3.90. The van der Waals surface area contributed by atoms with Gasteiger partial charge in [0.15, 0.2) is 0 Å². The van der Waals surface area contributed by atoms with Gasteiger partial charge in [-0.3, -0.25) is 0 Å². The predicted molar refractivity (Wildman–Crippen MR) is 78.8 cm³/mol. The maximum Gasteiger partial charge on any atom is 0.137 e. The summed E-state index contributed by atoms with van der Waals surface area (Å²) in [5.41, 5.74) is 7.30. The number of benzene rings is 2. The number of rotatable bonds is 3. The molecule has 1 unspecified atom stereocenters. The molecule has 0 bridgehead atoms. The first kappa shape index (κ1) is 14.6. The van der Waals surface area contributed by atoms with Crippen LogP contribution in [0, 0.1) is 11.6 Å². The molecule has 0 saturated carbocycles. The Balaban J connectivity index is 2.20. The van der Waals surface area contributed by atoms with Crippen LogP contribution in [0.1, 0.15) is 17.2 Å². The van der Waals surface area contributed by atoms with Crippen molar-refractivity contribution in [3.63, 3.8) is 0 Å². The number of halogens is 4. The molecule has 1 atom stereocenters. The molecule has 0 aliphatic rings. The van der Waals surface area contributed by atoms with Crippen LogP contribution < -0.4 is 5.73 Å². The molecule has 0 heterocycles. The third-order valence-electron chi connectivity index (χ3n) is 2.80. The first-order valence-corrected chi connectivity index (χ1v) is 7.20. The molecule has 19 heavy (non-hydrogen) atoms. The van der Waals surface area contributed by atoms with E-state index in [1.165, 1.54) is 12.1 Å². The van der Waals surface area contributed by atoms with Crippen LogP contribution in [0.5, 0.6) is 0 Å².